The Bertz CT molecular complexity index is 880. The van der Waals surface area contributed by atoms with Crippen molar-refractivity contribution in [1.29, 1.82) is 0 Å². The normalized spacial score (nSPS) is 23.4. The summed E-state index contributed by atoms with van der Waals surface area (Å²) in [5, 5.41) is 3.51. The number of quaternary nitrogens is 1. The third-order valence-corrected chi connectivity index (χ3v) is 7.76. The highest BCUT2D eigenvalue weighted by atomic mass is 16.5. The topological polar surface area (TPSA) is 47.6 Å². The van der Waals surface area contributed by atoms with Crippen molar-refractivity contribution in [3.63, 3.8) is 0 Å². The van der Waals surface area contributed by atoms with E-state index in [0.29, 0.717) is 19.3 Å². The van der Waals surface area contributed by atoms with Gasteiger partial charge in [0.05, 0.1) is 32.3 Å². The second-order valence-corrected chi connectivity index (χ2v) is 9.77. The van der Waals surface area contributed by atoms with E-state index in [9.17, 15) is 4.79 Å². The van der Waals surface area contributed by atoms with Gasteiger partial charge in [-0.3, -0.25) is 0 Å². The molecule has 2 aliphatic heterocycles. The van der Waals surface area contributed by atoms with E-state index < -0.39 is 0 Å². The summed E-state index contributed by atoms with van der Waals surface area (Å²) in [4.78, 5) is 13.0. The lowest BCUT2D eigenvalue weighted by molar-refractivity contribution is -0.970. The highest BCUT2D eigenvalue weighted by molar-refractivity contribution is 5.74. The number of rotatable bonds is 10. The molecule has 0 bridgehead atoms. The molecule has 2 atom stereocenters. The number of ether oxygens (including phenoxy) is 2. The number of carbonyl (C=O) groups excluding carboxylic acids is 1. The first kappa shape index (κ1) is 24.7. The molecular weight excluding hydrogens is 424 g/mol. The van der Waals surface area contributed by atoms with Gasteiger partial charge in [-0.2, -0.15) is 0 Å². The minimum Gasteiger partial charge on any atom is -0.493 e. The molecule has 1 N–H and O–H groups in total. The van der Waals surface area contributed by atoms with Crippen molar-refractivity contribution in [2.45, 2.75) is 64.0 Å². The lowest BCUT2D eigenvalue weighted by Crippen LogP contribution is -2.68. The molecule has 0 saturated carbocycles. The molecule has 2 saturated heterocycles. The van der Waals surface area contributed by atoms with Gasteiger partial charge in [0.1, 0.15) is 5.75 Å². The summed E-state index contributed by atoms with van der Waals surface area (Å²) in [5.41, 5.74) is 2.61. The number of piperidine rings is 2. The Labute approximate surface area is 205 Å². The van der Waals surface area contributed by atoms with Gasteiger partial charge in [0.25, 0.3) is 0 Å². The summed E-state index contributed by atoms with van der Waals surface area (Å²) in [6.07, 6.45) is 7.46. The largest absolute Gasteiger partial charge is 0.493 e. The molecule has 0 aromatic heterocycles. The van der Waals surface area contributed by atoms with E-state index in [0.717, 1.165) is 74.9 Å². The van der Waals surface area contributed by atoms with Crippen molar-refractivity contribution in [2.24, 2.45) is 0 Å². The fraction of sp³-hybridized carbons (Fsp3) is 0.552. The summed E-state index contributed by atoms with van der Waals surface area (Å²) in [6.45, 7) is 7.26. The molecule has 0 amide bonds. The van der Waals surface area contributed by atoms with Crippen LogP contribution in [0.1, 0.15) is 50.2 Å². The third kappa shape index (κ3) is 6.19. The van der Waals surface area contributed by atoms with Gasteiger partial charge in [-0.05, 0) is 43.0 Å². The monoisotopic (exact) mass is 465 g/mol. The van der Waals surface area contributed by atoms with Gasteiger partial charge in [0.2, 0.25) is 0 Å². The van der Waals surface area contributed by atoms with Gasteiger partial charge in [-0.1, -0.05) is 42.5 Å². The Hall–Kier alpha value is -2.37. The molecular formula is C29H41N2O3+. The molecule has 2 aliphatic rings. The Morgan fingerprint density at radius 1 is 0.941 bits per heavy atom. The predicted octanol–water partition coefficient (Wildman–Crippen LogP) is 4.54. The second-order valence-electron chi connectivity index (χ2n) is 9.77. The maximum atomic E-state index is 13.0. The zero-order valence-electron chi connectivity index (χ0n) is 20.7. The lowest BCUT2D eigenvalue weighted by atomic mass is 9.89. The van der Waals surface area contributed by atoms with E-state index in [2.05, 4.69) is 53.8 Å². The highest BCUT2D eigenvalue weighted by Gasteiger charge is 2.49. The number of hydrogen-bond acceptors (Lipinski definition) is 4. The van der Waals surface area contributed by atoms with E-state index in [1.807, 2.05) is 13.0 Å². The Morgan fingerprint density at radius 3 is 2.41 bits per heavy atom. The Morgan fingerprint density at radius 2 is 1.68 bits per heavy atom. The number of hydrogen-bond donors (Lipinski definition) is 1. The van der Waals surface area contributed by atoms with Crippen molar-refractivity contribution in [1.82, 2.24) is 5.32 Å². The average molecular weight is 466 g/mol. The molecule has 5 nitrogen and oxygen atoms in total. The number of benzene rings is 2. The first-order valence-corrected chi connectivity index (χ1v) is 13.2. The van der Waals surface area contributed by atoms with Crippen LogP contribution in [0.25, 0.3) is 0 Å². The maximum absolute atomic E-state index is 13.0. The fourth-order valence-corrected chi connectivity index (χ4v) is 5.95. The zero-order valence-corrected chi connectivity index (χ0v) is 20.7. The number of nitrogens with zero attached hydrogens (tertiary/aromatic N) is 1. The summed E-state index contributed by atoms with van der Waals surface area (Å²) >= 11 is 0. The van der Waals surface area contributed by atoms with Crippen LogP contribution in [0.5, 0.6) is 5.75 Å². The predicted molar refractivity (Wildman–Crippen MR) is 136 cm³/mol. The number of nitrogens with one attached hydrogen (secondary N) is 1. The molecule has 4 rings (SSSR count). The molecule has 5 heteroatoms. The molecule has 2 aromatic rings. The van der Waals surface area contributed by atoms with Crippen LogP contribution < -0.4 is 10.1 Å². The van der Waals surface area contributed by atoms with E-state index in [4.69, 9.17) is 9.47 Å². The third-order valence-electron chi connectivity index (χ3n) is 7.76. The van der Waals surface area contributed by atoms with Crippen molar-refractivity contribution < 1.29 is 18.8 Å². The van der Waals surface area contributed by atoms with Crippen LogP contribution in [-0.4, -0.2) is 61.9 Å². The van der Waals surface area contributed by atoms with Crippen molar-refractivity contribution in [3.05, 3.63) is 65.7 Å². The quantitative estimate of drug-likeness (QED) is 0.414. The van der Waals surface area contributed by atoms with Crippen LogP contribution in [0.3, 0.4) is 0 Å². The molecule has 34 heavy (non-hydrogen) atoms. The first-order chi connectivity index (χ1) is 16.7. The summed E-state index contributed by atoms with van der Waals surface area (Å²) in [6, 6.07) is 19.5. The average Bonchev–Trinajstić information content (AvgIpc) is 2.89. The van der Waals surface area contributed by atoms with Gasteiger partial charge < -0.3 is 19.3 Å². The van der Waals surface area contributed by atoms with Crippen LogP contribution in [0, 0.1) is 0 Å². The van der Waals surface area contributed by atoms with E-state index in [-0.39, 0.29) is 12.0 Å². The number of carbonyl (C=O) groups is 1. The molecule has 0 spiro atoms. The van der Waals surface area contributed by atoms with Gasteiger partial charge in [-0.15, -0.1) is 0 Å². The van der Waals surface area contributed by atoms with Crippen LogP contribution in [0.4, 0.5) is 0 Å². The van der Waals surface area contributed by atoms with Crippen molar-refractivity contribution in [2.75, 3.05) is 39.4 Å². The minimum atomic E-state index is -0.0163. The number of likely N-dealkylation sites (tertiary alicyclic amines) is 1. The maximum Gasteiger partial charge on any atom is 0.364 e. The molecule has 184 valence electrons. The van der Waals surface area contributed by atoms with Crippen LogP contribution in [0.15, 0.2) is 54.6 Å². The molecule has 0 aliphatic carbocycles. The summed E-state index contributed by atoms with van der Waals surface area (Å²) in [7, 11) is 0. The second kappa shape index (κ2) is 12.4. The number of esters is 1. The fourth-order valence-electron chi connectivity index (χ4n) is 5.95. The van der Waals surface area contributed by atoms with Crippen molar-refractivity contribution >= 4 is 5.97 Å². The van der Waals surface area contributed by atoms with E-state index in [1.165, 1.54) is 17.5 Å². The summed E-state index contributed by atoms with van der Waals surface area (Å²) in [5.74, 6) is 0.937. The van der Waals surface area contributed by atoms with Gasteiger partial charge >= 0.3 is 5.97 Å². The van der Waals surface area contributed by atoms with Gasteiger partial charge in [0.15, 0.2) is 6.04 Å². The Kier molecular flexibility index (Phi) is 9.00. The summed E-state index contributed by atoms with van der Waals surface area (Å²) < 4.78 is 12.5. The first-order valence-electron chi connectivity index (χ1n) is 13.2. The van der Waals surface area contributed by atoms with E-state index >= 15 is 0 Å². The zero-order chi connectivity index (χ0) is 23.6. The standard InChI is InChI=1S/C29H41N2O3/c1-2-33-29(32)28-10-6-7-21-31(28,26-15-19-30-20-16-26)22-17-25-11-13-27(14-12-25)34-23-18-24-8-4-3-5-9-24/h3-5,8-9,11-14,26,28,30H,2,6-7,10,15-23H2,1H3/q+1. The lowest BCUT2D eigenvalue weighted by Gasteiger charge is -2.52. The molecule has 2 aromatic carbocycles. The highest BCUT2D eigenvalue weighted by Crippen LogP contribution is 2.34. The van der Waals surface area contributed by atoms with Gasteiger partial charge in [0, 0.05) is 45.2 Å². The van der Waals surface area contributed by atoms with E-state index in [1.54, 1.807) is 0 Å². The minimum absolute atomic E-state index is 0.0163. The molecule has 2 heterocycles. The van der Waals surface area contributed by atoms with Gasteiger partial charge in [-0.25, -0.2) is 4.79 Å². The van der Waals surface area contributed by atoms with Crippen LogP contribution in [-0.2, 0) is 22.4 Å². The molecule has 2 fully saturated rings. The SMILES string of the molecule is CCOC(=O)C1CCCC[N+]1(CCc1ccc(OCCc2ccccc2)cc1)C1CCNCC1. The molecule has 0 radical (unpaired) electrons. The Balaban J connectivity index is 1.40. The van der Waals surface area contributed by atoms with Crippen molar-refractivity contribution in [3.8, 4) is 5.75 Å². The van der Waals surface area contributed by atoms with Crippen LogP contribution in [0.2, 0.25) is 0 Å². The van der Waals surface area contributed by atoms with Crippen LogP contribution >= 0.6 is 0 Å². The smallest absolute Gasteiger partial charge is 0.364 e. The molecule has 2 unspecified atom stereocenters.